The zero-order chi connectivity index (χ0) is 24.6. The molecule has 0 N–H and O–H groups in total. The number of methoxy groups -OCH3 is 1. The van der Waals surface area contributed by atoms with Crippen molar-refractivity contribution < 1.29 is 18.7 Å². The minimum atomic E-state index is -0.400. The summed E-state index contributed by atoms with van der Waals surface area (Å²) < 4.78 is 25.3. The van der Waals surface area contributed by atoms with Gasteiger partial charge in [0.1, 0.15) is 11.6 Å². The number of allylic oxidation sites excluding steroid dienone is 8. The summed E-state index contributed by atoms with van der Waals surface area (Å²) >= 11 is 0. The van der Waals surface area contributed by atoms with Crippen LogP contribution in [-0.2, 0) is 17.6 Å². The molecule has 0 heterocycles. The van der Waals surface area contributed by atoms with Gasteiger partial charge < -0.3 is 9.47 Å². The number of ketones is 1. The molecule has 0 saturated heterocycles. The summed E-state index contributed by atoms with van der Waals surface area (Å²) in [5.41, 5.74) is 2.82. The van der Waals surface area contributed by atoms with E-state index in [-0.39, 0.29) is 21.2 Å². The summed E-state index contributed by atoms with van der Waals surface area (Å²) in [5.74, 6) is 1.12. The Balaban J connectivity index is 1.75. The van der Waals surface area contributed by atoms with Crippen LogP contribution in [0.4, 0.5) is 4.39 Å². The minimum absolute atomic E-state index is 0.138. The molecule has 0 aromatic heterocycles. The lowest BCUT2D eigenvalue weighted by molar-refractivity contribution is 0.0511. The largest absolute Gasteiger partial charge is 0.467 e. The normalized spacial score (nSPS) is 19.1. The number of Topliss-reactive ketones (excluding diaryl/α,β-unsaturated/α-hetero) is 1. The summed E-state index contributed by atoms with van der Waals surface area (Å²) in [7, 11) is 1.77. The van der Waals surface area contributed by atoms with Crippen molar-refractivity contribution in [2.45, 2.75) is 32.6 Å². The van der Waals surface area contributed by atoms with Crippen molar-refractivity contribution in [2.75, 3.05) is 13.9 Å². The van der Waals surface area contributed by atoms with Gasteiger partial charge in [-0.2, -0.15) is 0 Å². The third-order valence-electron chi connectivity index (χ3n) is 6.30. The Bertz CT molecular complexity index is 1180. The summed E-state index contributed by atoms with van der Waals surface area (Å²) in [6, 6.07) is 8.95. The first-order chi connectivity index (χ1) is 17.0. The van der Waals surface area contributed by atoms with Crippen LogP contribution in [0.5, 0.6) is 5.75 Å². The monoisotopic (exact) mass is 490 g/mol. The molecule has 3 atom stereocenters. The molecule has 2 aromatic rings. The molecule has 0 spiro atoms. The number of hydrogen-bond acceptors (Lipinski definition) is 3. The molecule has 4 rings (SSSR count). The topological polar surface area (TPSA) is 35.5 Å². The predicted octanol–water partition coefficient (Wildman–Crippen LogP) is 5.99. The second-order valence-electron chi connectivity index (χ2n) is 9.08. The van der Waals surface area contributed by atoms with Gasteiger partial charge in [0.15, 0.2) is 12.6 Å². The first-order valence-electron chi connectivity index (χ1n) is 12.0. The fourth-order valence-corrected chi connectivity index (χ4v) is 6.06. The number of ether oxygens (including phenoxy) is 2. The lowest BCUT2D eigenvalue weighted by Gasteiger charge is -2.22. The average molecular weight is 491 g/mol. The second-order valence-corrected chi connectivity index (χ2v) is 10.4. The first-order valence-corrected chi connectivity index (χ1v) is 13.0. The molecular formula is C30H32FO3P. The molecule has 182 valence electrons. The lowest BCUT2D eigenvalue weighted by Crippen LogP contribution is -2.18. The standard InChI is InChI=1S/C30H32FO3P/c1-21(32)27-19-26(31)13-14-28(27)35-29-18-24(15-22-9-5-3-6-10-22)17-25(30(29)34-20-33-2)16-23-11-7-4-8-12-23/h3-9,11,13-14,17-19,22-23,35H,10,12,15-16,20H2,1-2H3. The molecule has 3 unspecified atom stereocenters. The Morgan fingerprint density at radius 1 is 0.971 bits per heavy atom. The van der Waals surface area contributed by atoms with Crippen molar-refractivity contribution in [3.05, 3.63) is 101 Å². The van der Waals surface area contributed by atoms with Crippen LogP contribution in [0.25, 0.3) is 0 Å². The maximum atomic E-state index is 13.9. The molecule has 2 aliphatic rings. The van der Waals surface area contributed by atoms with Gasteiger partial charge in [-0.1, -0.05) is 69.3 Å². The number of hydrogen-bond donors (Lipinski definition) is 0. The van der Waals surface area contributed by atoms with Gasteiger partial charge in [0, 0.05) is 18.0 Å². The van der Waals surface area contributed by atoms with E-state index in [1.54, 1.807) is 13.2 Å². The van der Waals surface area contributed by atoms with E-state index >= 15 is 0 Å². The minimum Gasteiger partial charge on any atom is -0.467 e. The van der Waals surface area contributed by atoms with Crippen molar-refractivity contribution in [3.63, 3.8) is 0 Å². The van der Waals surface area contributed by atoms with Crippen LogP contribution in [-0.4, -0.2) is 19.7 Å². The van der Waals surface area contributed by atoms with Gasteiger partial charge in [0.2, 0.25) is 0 Å². The fraction of sp³-hybridized carbons (Fsp3) is 0.300. The average Bonchev–Trinajstić information content (AvgIpc) is 2.86. The number of carbonyl (C=O) groups is 1. The summed E-state index contributed by atoms with van der Waals surface area (Å²) in [6.07, 6.45) is 21.1. The van der Waals surface area contributed by atoms with Crippen LogP contribution in [0.3, 0.4) is 0 Å². The maximum Gasteiger partial charge on any atom is 0.188 e. The fourth-order valence-electron chi connectivity index (χ4n) is 4.62. The molecule has 0 bridgehead atoms. The van der Waals surface area contributed by atoms with Gasteiger partial charge in [0.25, 0.3) is 0 Å². The number of carbonyl (C=O) groups excluding carboxylic acids is 1. The maximum absolute atomic E-state index is 13.9. The van der Waals surface area contributed by atoms with Crippen molar-refractivity contribution in [2.24, 2.45) is 11.8 Å². The van der Waals surface area contributed by atoms with Gasteiger partial charge in [-0.05, 0) is 79.1 Å². The lowest BCUT2D eigenvalue weighted by atomic mass is 9.89. The van der Waals surface area contributed by atoms with Crippen molar-refractivity contribution >= 4 is 25.0 Å². The highest BCUT2D eigenvalue weighted by Gasteiger charge is 2.20. The van der Waals surface area contributed by atoms with E-state index < -0.39 is 5.82 Å². The third kappa shape index (κ3) is 6.87. The Morgan fingerprint density at radius 3 is 2.31 bits per heavy atom. The van der Waals surface area contributed by atoms with Crippen LogP contribution < -0.4 is 15.3 Å². The zero-order valence-electron chi connectivity index (χ0n) is 20.3. The molecule has 5 heteroatoms. The highest BCUT2D eigenvalue weighted by atomic mass is 31.1. The molecule has 0 fully saturated rings. The van der Waals surface area contributed by atoms with Gasteiger partial charge >= 0.3 is 0 Å². The van der Waals surface area contributed by atoms with Crippen LogP contribution in [0.15, 0.2) is 78.9 Å². The molecule has 0 radical (unpaired) electrons. The summed E-state index contributed by atoms with van der Waals surface area (Å²) in [6.45, 7) is 1.63. The summed E-state index contributed by atoms with van der Waals surface area (Å²) in [4.78, 5) is 12.3. The molecule has 2 aromatic carbocycles. The van der Waals surface area contributed by atoms with Crippen LogP contribution >= 0.6 is 8.58 Å². The van der Waals surface area contributed by atoms with E-state index in [1.807, 2.05) is 0 Å². The Morgan fingerprint density at radius 2 is 1.69 bits per heavy atom. The molecular weight excluding hydrogens is 458 g/mol. The van der Waals surface area contributed by atoms with Crippen LogP contribution in [0.2, 0.25) is 0 Å². The van der Waals surface area contributed by atoms with Crippen LogP contribution in [0.1, 0.15) is 41.3 Å². The Labute approximate surface area is 209 Å². The highest BCUT2D eigenvalue weighted by molar-refractivity contribution is 7.56. The highest BCUT2D eigenvalue weighted by Crippen LogP contribution is 2.32. The quantitative estimate of drug-likeness (QED) is 0.233. The predicted molar refractivity (Wildman–Crippen MR) is 143 cm³/mol. The van der Waals surface area contributed by atoms with E-state index in [9.17, 15) is 9.18 Å². The molecule has 3 nitrogen and oxygen atoms in total. The van der Waals surface area contributed by atoms with E-state index in [1.165, 1.54) is 24.6 Å². The van der Waals surface area contributed by atoms with E-state index in [0.29, 0.717) is 17.4 Å². The molecule has 35 heavy (non-hydrogen) atoms. The molecule has 0 amide bonds. The first kappa shape index (κ1) is 25.3. The third-order valence-corrected chi connectivity index (χ3v) is 7.64. The van der Waals surface area contributed by atoms with Gasteiger partial charge in [-0.15, -0.1) is 0 Å². The van der Waals surface area contributed by atoms with E-state index in [4.69, 9.17) is 9.47 Å². The number of rotatable bonds is 10. The molecule has 0 saturated carbocycles. The smallest absolute Gasteiger partial charge is 0.188 e. The SMILES string of the molecule is COCOc1c(CC2C=CC=CC2)cc(CC2C=CC=CC2)cc1Pc1ccc(F)cc1C(C)=O. The zero-order valence-corrected chi connectivity index (χ0v) is 21.3. The van der Waals surface area contributed by atoms with Crippen molar-refractivity contribution in [1.82, 2.24) is 0 Å². The second kappa shape index (κ2) is 12.2. The van der Waals surface area contributed by atoms with Crippen LogP contribution in [0, 0.1) is 17.7 Å². The van der Waals surface area contributed by atoms with Gasteiger partial charge in [0.05, 0.1) is 0 Å². The summed E-state index contributed by atoms with van der Waals surface area (Å²) in [5, 5.41) is 1.85. The van der Waals surface area contributed by atoms with E-state index in [0.717, 1.165) is 47.6 Å². The molecule has 2 aliphatic carbocycles. The number of halogens is 1. The Hall–Kier alpha value is -2.81. The Kier molecular flexibility index (Phi) is 8.84. The van der Waals surface area contributed by atoms with Crippen molar-refractivity contribution in [1.29, 1.82) is 0 Å². The molecule has 0 aliphatic heterocycles. The number of benzene rings is 2. The van der Waals surface area contributed by atoms with E-state index in [2.05, 4.69) is 60.7 Å². The van der Waals surface area contributed by atoms with Gasteiger partial charge in [-0.3, -0.25) is 4.79 Å². The van der Waals surface area contributed by atoms with Crippen molar-refractivity contribution in [3.8, 4) is 5.75 Å². The van der Waals surface area contributed by atoms with Gasteiger partial charge in [-0.25, -0.2) is 4.39 Å².